The molecule has 145 heavy (non-hydrogen) atoms. The number of fused-ring (bicyclic) bond motifs is 4. The Morgan fingerprint density at radius 1 is 0.379 bits per heavy atom. The Hall–Kier alpha value is -13.2. The molecule has 22 atom stereocenters. The van der Waals surface area contributed by atoms with Gasteiger partial charge in [-0.25, -0.2) is 4.79 Å². The van der Waals surface area contributed by atoms with Crippen LogP contribution in [0.25, 0.3) is 43.6 Å². The molecule has 4 aliphatic rings. The lowest BCUT2D eigenvalue weighted by Crippen LogP contribution is -2.54. The maximum absolute atomic E-state index is 13.4. The molecular weight excluding hydrogens is 1880 g/mol. The van der Waals surface area contributed by atoms with Crippen molar-refractivity contribution < 1.29 is 124 Å². The first-order valence-electron chi connectivity index (χ1n) is 49.1. The van der Waals surface area contributed by atoms with Crippen molar-refractivity contribution in [1.29, 1.82) is 0 Å². The number of primary amides is 4. The normalized spacial score (nSPS) is 19.4. The van der Waals surface area contributed by atoms with Gasteiger partial charge >= 0.3 is 12.1 Å². The average molecular weight is 2020 g/mol. The van der Waals surface area contributed by atoms with Gasteiger partial charge in [0.05, 0.1) is 78.7 Å². The first-order valence-corrected chi connectivity index (χ1v) is 49.1. The van der Waals surface area contributed by atoms with Crippen molar-refractivity contribution in [3.63, 3.8) is 0 Å². The number of nitrogens with zero attached hydrogens (tertiary/aromatic N) is 3. The highest BCUT2D eigenvalue weighted by Crippen LogP contribution is 2.33. The molecule has 0 bridgehead atoms. The van der Waals surface area contributed by atoms with Crippen LogP contribution in [0.15, 0.2) is 122 Å². The molecule has 12 rings (SSSR count). The van der Waals surface area contributed by atoms with Crippen LogP contribution in [0.5, 0.6) is 0 Å². The van der Waals surface area contributed by atoms with Gasteiger partial charge in [-0.3, -0.25) is 76.8 Å². The van der Waals surface area contributed by atoms with Gasteiger partial charge in [-0.05, 0) is 206 Å². The van der Waals surface area contributed by atoms with E-state index < -0.39 is 197 Å². The summed E-state index contributed by atoms with van der Waals surface area (Å²) in [5, 5.41) is 92.7. The van der Waals surface area contributed by atoms with Gasteiger partial charge in [-0.1, -0.05) is 79.7 Å². The SMILES string of the molecule is C[C@@H](O)[C@H](N)C(=O)N1CCC[C@H]1C(=O)C[C@@H](Cc1c[nH]c2ccccc12)C(=O)N[C@H](C(N)=O)[C@@H](C)O.C[C@@H](O)[C@H](NC(=O)[C@@H](CC(=O)[C@@H]1CCCN1)Cc1c[nH]c2ccccc12)C(N)=O.C[C@@H](O)[C@H](NC(=O)[C@@H](CC(=O)[C@@H]1CCCN1C(=O)OC(C)(C)C)Cc1c[nH]c2ccccc12)C(N)=O.C[C@H](C(=O)N1CCC[C@H]1C(=O)C[C@@H](Cc1c[nH]c2ccccc12)C(=O)N[C@H](C(N)=O)[C@@H](C)O)[C@@H](C)O.C[C@H](C(=O)O)[C@@H](C)O.[2HH]. The summed E-state index contributed by atoms with van der Waals surface area (Å²) in [6.45, 7) is 20.1. The molecule has 0 radical (unpaired) electrons. The lowest BCUT2D eigenvalue weighted by molar-refractivity contribution is -0.144. The van der Waals surface area contributed by atoms with E-state index in [0.29, 0.717) is 64.6 Å². The second-order valence-corrected chi connectivity index (χ2v) is 39.3. The Balaban J connectivity index is 0.000000257. The summed E-state index contributed by atoms with van der Waals surface area (Å²) in [6, 6.07) is 21.8. The predicted octanol–water partition coefficient (Wildman–Crippen LogP) is 2.74. The number of carboxylic acid groups (broad SMARTS) is 1. The standard InChI is InChI=1S/2C26H36N4O6.C25H35N5O6.C21H28N4O4.C5H10O3.H2/c1-15(31)22(23(27)33)29-24(34)16(12-17-14-28-19-9-6-5-8-18(17)19)13-21(32)20-10-7-11-30(20)25(35)36-26(2,3)4;1-14(15(2)31)26(36)30-10-6-9-21(30)22(33)12-17(25(35)29-23(16(3)32)24(27)34)11-18-13-28-20-8-5-4-7-19(18)20;1-13(31)21(26)25(36)30-9-5-8-19(30)20(33)11-15(24(35)29-22(14(2)32)23(27)34)10-16-12-28-18-7-4-3-6-17(16)18;1-12(26)19(20(22)28)25-21(29)13(10-18(27)17-7-4-8-23-17)9-14-11-24-16-6-3-2-5-15(14)16;1-3(4(2)6)5(7)8;/h5-6,8-9,14-16,20,22,28,31H,7,10-13H2,1-4H3,(H2,27,33)(H,29,34);4-5,7-8,13-17,21,23,28,31-32H,6,9-12H2,1-3H3,(H2,27,34)(H,29,35);3-4,6-7,12-15,19,21-22,28,31-32H,5,8-11,26H2,1-2H3,(H2,27,34)(H,29,35);2-3,5-6,11-13,17,19,23-24,26H,4,7-10H2,1H3,(H2,22,28)(H,25,29);3-4,6H,1-2H3,(H,7,8);1H/t15-,16-,20+,22+;14-,15+,16+,17+,21-,23-;13-,14-,15-,19+,21+,22+;12-,13-,17+,19+;3-,4+;/m10110./s1/i;;;;;1+1. The number of hydrogen-bond donors (Lipinski definition) is 22. The molecule has 0 spiro atoms. The fraction of sp³-hybridized carbons (Fsp3) is 0.534. The molecule has 27 N–H and O–H groups in total. The monoisotopic (exact) mass is 2020 g/mol. The Kier molecular flexibility index (Phi) is 43.7. The quantitative estimate of drug-likeness (QED) is 0.0261. The number of carbonyl (C=O) groups is 16. The van der Waals surface area contributed by atoms with E-state index in [9.17, 15) is 107 Å². The number of ketones is 4. The van der Waals surface area contributed by atoms with Gasteiger partial charge in [-0.2, -0.15) is 0 Å². The van der Waals surface area contributed by atoms with Gasteiger partial charge in [0.2, 0.25) is 59.1 Å². The Morgan fingerprint density at radius 2 is 0.655 bits per heavy atom. The van der Waals surface area contributed by atoms with E-state index >= 15 is 0 Å². The van der Waals surface area contributed by atoms with Crippen molar-refractivity contribution in [3.05, 3.63) is 144 Å². The Labute approximate surface area is 841 Å². The first-order chi connectivity index (χ1) is 68.3. The zero-order chi connectivity index (χ0) is 107. The summed E-state index contributed by atoms with van der Waals surface area (Å²) in [6.07, 6.45) is 4.65. The number of ether oxygens (including phenoxy) is 1. The van der Waals surface area contributed by atoms with Crippen molar-refractivity contribution in [1.82, 2.24) is 61.2 Å². The number of aliphatic hydroxyl groups excluding tert-OH is 7. The number of Topliss-reactive ketones (excluding diaryl/α,β-unsaturated/α-hetero) is 4. The molecule has 42 heteroatoms. The van der Waals surface area contributed by atoms with E-state index in [-0.39, 0.29) is 81.5 Å². The van der Waals surface area contributed by atoms with Crippen molar-refractivity contribution in [2.75, 3.05) is 26.2 Å². The summed E-state index contributed by atoms with van der Waals surface area (Å²) in [4.78, 5) is 218. The molecule has 8 aromatic rings. The van der Waals surface area contributed by atoms with E-state index in [1.165, 1.54) is 70.1 Å². The lowest BCUT2D eigenvalue weighted by Gasteiger charge is -2.29. The fourth-order valence-corrected chi connectivity index (χ4v) is 18.0. The summed E-state index contributed by atoms with van der Waals surface area (Å²) >= 11 is 0. The Bertz CT molecular complexity index is 5640. The molecule has 4 fully saturated rings. The number of nitrogens with one attached hydrogen (secondary N) is 9. The number of rotatable bonds is 42. The summed E-state index contributed by atoms with van der Waals surface area (Å²) in [5.41, 5.74) is 33.5. The van der Waals surface area contributed by atoms with Gasteiger partial charge in [0.25, 0.3) is 0 Å². The molecule has 0 unspecified atom stereocenters. The number of aliphatic hydroxyl groups is 7. The van der Waals surface area contributed by atoms with Crippen LogP contribution in [-0.4, -0.2) is 299 Å². The number of para-hydroxylation sites is 4. The minimum Gasteiger partial charge on any atom is -0.481 e. The van der Waals surface area contributed by atoms with Crippen LogP contribution in [0, 0.1) is 35.5 Å². The van der Waals surface area contributed by atoms with Crippen molar-refractivity contribution in [2.45, 2.75) is 289 Å². The largest absolute Gasteiger partial charge is 0.481 e. The molecule has 4 saturated heterocycles. The summed E-state index contributed by atoms with van der Waals surface area (Å²) in [7, 11) is 0. The van der Waals surface area contributed by atoms with E-state index in [4.69, 9.17) is 43.6 Å². The number of aromatic nitrogens is 4. The number of carboxylic acids is 1. The molecule has 11 amide bonds. The van der Waals surface area contributed by atoms with Crippen LogP contribution in [0.1, 0.15) is 184 Å². The smallest absolute Gasteiger partial charge is 0.410 e. The topological polar surface area (TPSA) is 707 Å². The highest BCUT2D eigenvalue weighted by molar-refractivity contribution is 6.00. The number of H-pyrrole nitrogens is 4. The third-order valence-electron chi connectivity index (χ3n) is 26.7. The molecule has 4 aromatic heterocycles. The van der Waals surface area contributed by atoms with E-state index in [1.54, 1.807) is 46.3 Å². The van der Waals surface area contributed by atoms with Crippen LogP contribution in [0.4, 0.5) is 4.79 Å². The van der Waals surface area contributed by atoms with Gasteiger partial charge < -0.3 is 131 Å². The summed E-state index contributed by atoms with van der Waals surface area (Å²) < 4.78 is 5.47. The number of aliphatic carboxylic acids is 1. The number of carbonyl (C=O) groups excluding carboxylic acids is 15. The third-order valence-corrected chi connectivity index (χ3v) is 26.7. The molecule has 4 aliphatic heterocycles. The van der Waals surface area contributed by atoms with E-state index in [0.717, 1.165) is 85.3 Å². The van der Waals surface area contributed by atoms with Crippen LogP contribution in [0.3, 0.4) is 0 Å². The predicted molar refractivity (Wildman–Crippen MR) is 539 cm³/mol. The minimum atomic E-state index is -1.31. The minimum absolute atomic E-state index is 0. The van der Waals surface area contributed by atoms with Crippen molar-refractivity contribution in [3.8, 4) is 0 Å². The average Bonchev–Trinajstić information content (AvgIpc) is 1.64. The number of amides is 11. The number of aromatic amines is 4. The summed E-state index contributed by atoms with van der Waals surface area (Å²) in [5.74, 6) is -12.9. The number of hydrogen-bond acceptors (Lipinski definition) is 26. The Morgan fingerprint density at radius 3 is 0.903 bits per heavy atom. The van der Waals surface area contributed by atoms with Gasteiger partial charge in [0, 0.05) is 139 Å². The number of benzene rings is 4. The fourth-order valence-electron chi connectivity index (χ4n) is 18.0. The van der Waals surface area contributed by atoms with Crippen LogP contribution in [-0.2, 0) is 102 Å². The molecule has 0 aliphatic carbocycles. The van der Waals surface area contributed by atoms with Crippen molar-refractivity contribution >= 4 is 138 Å². The highest BCUT2D eigenvalue weighted by atomic mass is 16.6. The second kappa shape index (κ2) is 54.1. The lowest BCUT2D eigenvalue weighted by atomic mass is 9.90. The number of likely N-dealkylation sites (tertiary alicyclic amines) is 3. The first kappa shape index (κ1) is 117. The molecule has 794 valence electrons. The maximum Gasteiger partial charge on any atom is 0.410 e. The molecule has 4 aromatic carbocycles. The molecule has 0 saturated carbocycles. The van der Waals surface area contributed by atoms with Crippen LogP contribution < -0.4 is 55.3 Å². The molecular formula is C103H147N17O25. The third kappa shape index (κ3) is 32.9. The van der Waals surface area contributed by atoms with E-state index in [1.807, 2.05) is 103 Å². The van der Waals surface area contributed by atoms with Gasteiger partial charge in [0.15, 0.2) is 23.1 Å². The van der Waals surface area contributed by atoms with E-state index in [2.05, 4.69) is 46.5 Å². The second-order valence-electron chi connectivity index (χ2n) is 39.3. The molecule has 42 nitrogen and oxygen atoms in total. The van der Waals surface area contributed by atoms with Crippen LogP contribution >= 0.6 is 0 Å². The van der Waals surface area contributed by atoms with Crippen LogP contribution in [0.2, 0.25) is 0 Å². The maximum atomic E-state index is 13.4. The highest BCUT2D eigenvalue weighted by Gasteiger charge is 2.45. The zero-order valence-corrected chi connectivity index (χ0v) is 84.1. The van der Waals surface area contributed by atoms with Crippen molar-refractivity contribution in [2.24, 2.45) is 64.2 Å². The van der Waals surface area contributed by atoms with Gasteiger partial charge in [0.1, 0.15) is 35.8 Å². The van der Waals surface area contributed by atoms with Gasteiger partial charge in [-0.15, -0.1) is 0 Å². The number of nitrogens with two attached hydrogens (primary N) is 5. The molecule has 8 heterocycles. The zero-order valence-electron chi connectivity index (χ0n) is 84.1.